The van der Waals surface area contributed by atoms with Gasteiger partial charge in [-0.05, 0) is 25.1 Å². The third kappa shape index (κ3) is 2.81. The molecule has 2 nitrogen and oxygen atoms in total. The van der Waals surface area contributed by atoms with Crippen LogP contribution in [0.25, 0.3) is 0 Å². The lowest BCUT2D eigenvalue weighted by atomic mass is 9.99. The second-order valence-electron chi connectivity index (χ2n) is 4.06. The number of nitrogens with zero attached hydrogens (tertiary/aromatic N) is 1. The first kappa shape index (κ1) is 13.3. The summed E-state index contributed by atoms with van der Waals surface area (Å²) in [7, 11) is 0. The van der Waals surface area contributed by atoms with E-state index in [4.69, 9.17) is 0 Å². The minimum Gasteiger partial charge on any atom is -0.289 e. The molecule has 0 radical (unpaired) electrons. The highest BCUT2D eigenvalue weighted by atomic mass is 19.4. The average Bonchev–Trinajstić information content (AvgIpc) is 2.38. The Labute approximate surface area is 107 Å². The van der Waals surface area contributed by atoms with Crippen molar-refractivity contribution in [3.63, 3.8) is 0 Å². The van der Waals surface area contributed by atoms with Crippen LogP contribution in [0.2, 0.25) is 0 Å². The third-order valence-electron chi connectivity index (χ3n) is 2.65. The minimum absolute atomic E-state index is 0.141. The van der Waals surface area contributed by atoms with Gasteiger partial charge in [0.2, 0.25) is 0 Å². The van der Waals surface area contributed by atoms with Gasteiger partial charge in [0.25, 0.3) is 0 Å². The van der Waals surface area contributed by atoms with Crippen molar-refractivity contribution in [2.24, 2.45) is 0 Å². The fourth-order valence-electron chi connectivity index (χ4n) is 1.69. The van der Waals surface area contributed by atoms with E-state index in [1.165, 1.54) is 30.5 Å². The van der Waals surface area contributed by atoms with Crippen molar-refractivity contribution in [3.8, 4) is 0 Å². The van der Waals surface area contributed by atoms with E-state index in [0.29, 0.717) is 5.69 Å². The highest BCUT2D eigenvalue weighted by Gasteiger charge is 2.34. The molecule has 0 atom stereocenters. The fraction of sp³-hybridized carbons (Fsp3) is 0.143. The van der Waals surface area contributed by atoms with E-state index in [9.17, 15) is 18.0 Å². The van der Waals surface area contributed by atoms with Gasteiger partial charge in [-0.3, -0.25) is 9.78 Å². The van der Waals surface area contributed by atoms with Gasteiger partial charge in [-0.25, -0.2) is 0 Å². The highest BCUT2D eigenvalue weighted by Crippen LogP contribution is 2.32. The first-order valence-corrected chi connectivity index (χ1v) is 5.53. The van der Waals surface area contributed by atoms with Crippen LogP contribution < -0.4 is 0 Å². The van der Waals surface area contributed by atoms with E-state index < -0.39 is 17.5 Å². The maximum atomic E-state index is 12.8. The number of aromatic nitrogens is 1. The van der Waals surface area contributed by atoms with Crippen LogP contribution in [-0.2, 0) is 6.18 Å². The Kier molecular flexibility index (Phi) is 3.38. The van der Waals surface area contributed by atoms with Crippen molar-refractivity contribution in [1.82, 2.24) is 4.98 Å². The van der Waals surface area contributed by atoms with Crippen LogP contribution >= 0.6 is 0 Å². The molecule has 1 heterocycles. The number of carbonyl (C=O) groups is 1. The number of alkyl halides is 3. The summed E-state index contributed by atoms with van der Waals surface area (Å²) in [6, 6.07) is 7.79. The summed E-state index contributed by atoms with van der Waals surface area (Å²) in [6.07, 6.45) is -3.27. The molecule has 0 fully saturated rings. The molecule has 0 aliphatic rings. The quantitative estimate of drug-likeness (QED) is 0.776. The van der Waals surface area contributed by atoms with Gasteiger partial charge in [0.15, 0.2) is 5.78 Å². The van der Waals surface area contributed by atoms with Gasteiger partial charge in [-0.1, -0.05) is 18.2 Å². The van der Waals surface area contributed by atoms with Crippen LogP contribution in [0.3, 0.4) is 0 Å². The first-order chi connectivity index (χ1) is 8.89. The zero-order valence-corrected chi connectivity index (χ0v) is 10.0. The normalized spacial score (nSPS) is 11.4. The van der Waals surface area contributed by atoms with Crippen LogP contribution in [0.15, 0.2) is 42.6 Å². The lowest BCUT2D eigenvalue weighted by Crippen LogP contribution is -2.13. The molecule has 1 aromatic heterocycles. The van der Waals surface area contributed by atoms with Crippen molar-refractivity contribution in [2.75, 3.05) is 0 Å². The first-order valence-electron chi connectivity index (χ1n) is 5.53. The van der Waals surface area contributed by atoms with E-state index in [1.807, 2.05) is 0 Å². The summed E-state index contributed by atoms with van der Waals surface area (Å²) in [6.45, 7) is 1.73. The van der Waals surface area contributed by atoms with Crippen LogP contribution in [0, 0.1) is 6.92 Å². The van der Waals surface area contributed by atoms with E-state index in [0.717, 1.165) is 6.07 Å². The number of halogens is 3. The van der Waals surface area contributed by atoms with Crippen LogP contribution in [0.4, 0.5) is 13.2 Å². The zero-order valence-electron chi connectivity index (χ0n) is 10.0. The summed E-state index contributed by atoms with van der Waals surface area (Å²) in [5.74, 6) is -0.680. The Balaban J connectivity index is 2.48. The third-order valence-corrected chi connectivity index (χ3v) is 2.65. The van der Waals surface area contributed by atoms with Gasteiger partial charge in [-0.15, -0.1) is 0 Å². The highest BCUT2D eigenvalue weighted by molar-refractivity contribution is 6.09. The zero-order chi connectivity index (χ0) is 14.0. The van der Waals surface area contributed by atoms with Crippen molar-refractivity contribution < 1.29 is 18.0 Å². The topological polar surface area (TPSA) is 30.0 Å². The lowest BCUT2D eigenvalue weighted by Gasteiger charge is -2.11. The van der Waals surface area contributed by atoms with E-state index in [-0.39, 0.29) is 11.1 Å². The van der Waals surface area contributed by atoms with E-state index in [1.54, 1.807) is 13.0 Å². The maximum Gasteiger partial charge on any atom is 0.417 e. The molecule has 0 bridgehead atoms. The molecule has 0 amide bonds. The van der Waals surface area contributed by atoms with Crippen LogP contribution in [-0.4, -0.2) is 10.8 Å². The molecule has 0 aliphatic carbocycles. The number of hydrogen-bond acceptors (Lipinski definition) is 2. The molecule has 0 unspecified atom stereocenters. The van der Waals surface area contributed by atoms with Gasteiger partial charge in [0, 0.05) is 23.0 Å². The smallest absolute Gasteiger partial charge is 0.289 e. The number of carbonyl (C=O) groups excluding carboxylic acids is 1. The number of hydrogen-bond donors (Lipinski definition) is 0. The minimum atomic E-state index is -4.55. The fourth-order valence-corrected chi connectivity index (χ4v) is 1.69. The molecule has 1 aromatic carbocycles. The Morgan fingerprint density at radius 2 is 1.79 bits per heavy atom. The van der Waals surface area contributed by atoms with Gasteiger partial charge in [-0.2, -0.15) is 13.2 Å². The standard InChI is InChI=1S/C14H10F3NO/c1-9-6-7-10(8-18-9)13(19)11-4-2-3-5-12(11)14(15,16)17/h2-8H,1H3. The predicted octanol–water partition coefficient (Wildman–Crippen LogP) is 3.64. The number of benzene rings is 1. The Morgan fingerprint density at radius 3 is 2.37 bits per heavy atom. The molecular weight excluding hydrogens is 255 g/mol. The number of aryl methyl sites for hydroxylation is 1. The number of ketones is 1. The van der Waals surface area contributed by atoms with Crippen molar-refractivity contribution >= 4 is 5.78 Å². The molecule has 5 heteroatoms. The summed E-state index contributed by atoms with van der Waals surface area (Å²) < 4.78 is 38.5. The molecule has 0 spiro atoms. The molecule has 0 N–H and O–H groups in total. The van der Waals surface area contributed by atoms with Crippen molar-refractivity contribution in [2.45, 2.75) is 13.1 Å². The number of pyridine rings is 1. The molecule has 98 valence electrons. The van der Waals surface area contributed by atoms with E-state index in [2.05, 4.69) is 4.98 Å². The molecule has 0 saturated heterocycles. The molecule has 0 aliphatic heterocycles. The van der Waals surface area contributed by atoms with Gasteiger partial charge >= 0.3 is 6.18 Å². The number of rotatable bonds is 2. The van der Waals surface area contributed by atoms with Gasteiger partial charge in [0.05, 0.1) is 5.56 Å². The Morgan fingerprint density at radius 1 is 1.11 bits per heavy atom. The monoisotopic (exact) mass is 265 g/mol. The maximum absolute atomic E-state index is 12.8. The summed E-state index contributed by atoms with van der Waals surface area (Å²) in [4.78, 5) is 16.0. The van der Waals surface area contributed by atoms with Gasteiger partial charge < -0.3 is 0 Å². The van der Waals surface area contributed by atoms with Crippen LogP contribution in [0.1, 0.15) is 27.2 Å². The van der Waals surface area contributed by atoms with Crippen molar-refractivity contribution in [1.29, 1.82) is 0 Å². The Hall–Kier alpha value is -2.17. The van der Waals surface area contributed by atoms with Gasteiger partial charge in [0.1, 0.15) is 0 Å². The second-order valence-corrected chi connectivity index (χ2v) is 4.06. The molecule has 0 saturated carbocycles. The summed E-state index contributed by atoms with van der Waals surface area (Å²) >= 11 is 0. The SMILES string of the molecule is Cc1ccc(C(=O)c2ccccc2C(F)(F)F)cn1. The van der Waals surface area contributed by atoms with Crippen LogP contribution in [0.5, 0.6) is 0 Å². The molecule has 19 heavy (non-hydrogen) atoms. The average molecular weight is 265 g/mol. The molecular formula is C14H10F3NO. The molecule has 2 rings (SSSR count). The lowest BCUT2D eigenvalue weighted by molar-refractivity contribution is -0.137. The molecule has 2 aromatic rings. The predicted molar refractivity (Wildman–Crippen MR) is 63.9 cm³/mol. The largest absolute Gasteiger partial charge is 0.417 e. The van der Waals surface area contributed by atoms with E-state index >= 15 is 0 Å². The van der Waals surface area contributed by atoms with Crippen molar-refractivity contribution in [3.05, 3.63) is 65.0 Å². The summed E-state index contributed by atoms with van der Waals surface area (Å²) in [5, 5.41) is 0. The Bertz CT molecular complexity index is 603. The second kappa shape index (κ2) is 4.84. The summed E-state index contributed by atoms with van der Waals surface area (Å²) in [5.41, 5.74) is -0.454.